The molecule has 0 bridgehead atoms. The number of carboxylic acid groups (broad SMARTS) is 1. The second kappa shape index (κ2) is 6.87. The molecule has 23 heavy (non-hydrogen) atoms. The highest BCUT2D eigenvalue weighted by molar-refractivity contribution is 6.80. The Balaban J connectivity index is 3.36. The van der Waals surface area contributed by atoms with Crippen molar-refractivity contribution in [3.05, 3.63) is 35.4 Å². The second-order valence-electron chi connectivity index (χ2n) is 7.59. The topological polar surface area (TPSA) is 63.6 Å². The molecule has 0 atom stereocenters. The van der Waals surface area contributed by atoms with Crippen LogP contribution in [0.4, 0.5) is 0 Å². The molecule has 0 heterocycles. The fraction of sp³-hybridized carbons (Fsp3) is 0.556. The van der Waals surface area contributed by atoms with Crippen LogP contribution in [0.5, 0.6) is 0 Å². The highest BCUT2D eigenvalue weighted by atomic mass is 28.4. The van der Waals surface area contributed by atoms with Crippen molar-refractivity contribution in [3.8, 4) is 0 Å². The van der Waals surface area contributed by atoms with E-state index in [2.05, 4.69) is 48.5 Å². The summed E-state index contributed by atoms with van der Waals surface area (Å²) in [6.07, 6.45) is 0. The Morgan fingerprint density at radius 3 is 1.78 bits per heavy atom. The molecule has 0 saturated heterocycles. The van der Waals surface area contributed by atoms with Gasteiger partial charge in [-0.05, 0) is 28.3 Å². The van der Waals surface area contributed by atoms with Crippen molar-refractivity contribution in [1.82, 2.24) is 0 Å². The van der Waals surface area contributed by atoms with Gasteiger partial charge in [0, 0.05) is 0 Å². The number of carbonyl (C=O) groups is 2. The van der Waals surface area contributed by atoms with Crippen LogP contribution in [0.25, 0.3) is 0 Å². The molecule has 1 N–H and O–H groups in total. The molecule has 0 aliphatic rings. The predicted molar refractivity (Wildman–Crippen MR) is 94.5 cm³/mol. The molecule has 0 fully saturated rings. The summed E-state index contributed by atoms with van der Waals surface area (Å²) in [6, 6.07) is 6.23. The summed E-state index contributed by atoms with van der Waals surface area (Å²) in [5.74, 6) is -1.64. The van der Waals surface area contributed by atoms with E-state index in [-0.39, 0.29) is 27.2 Å². The molecule has 0 aliphatic carbocycles. The van der Waals surface area contributed by atoms with Gasteiger partial charge in [0.25, 0.3) is 8.32 Å². The van der Waals surface area contributed by atoms with E-state index in [0.29, 0.717) is 0 Å². The zero-order chi connectivity index (χ0) is 18.0. The maximum absolute atomic E-state index is 12.8. The fourth-order valence-electron chi connectivity index (χ4n) is 3.84. The van der Waals surface area contributed by atoms with Crippen LogP contribution in [0.3, 0.4) is 0 Å². The van der Waals surface area contributed by atoms with E-state index in [1.54, 1.807) is 12.1 Å². The number of carboxylic acids is 1. The van der Waals surface area contributed by atoms with Crippen molar-refractivity contribution in [2.24, 2.45) is 0 Å². The minimum atomic E-state index is -2.50. The minimum absolute atomic E-state index is 0.0122. The number of carbonyl (C=O) groups excluding carboxylic acids is 1. The third-order valence-corrected chi connectivity index (χ3v) is 10.8. The first-order chi connectivity index (χ1) is 10.4. The smallest absolute Gasteiger partial charge is 0.336 e. The molecule has 0 amide bonds. The van der Waals surface area contributed by atoms with Crippen LogP contribution in [0.15, 0.2) is 24.3 Å². The van der Waals surface area contributed by atoms with Crippen molar-refractivity contribution in [1.29, 1.82) is 0 Å². The Morgan fingerprint density at radius 2 is 1.43 bits per heavy atom. The average Bonchev–Trinajstić information content (AvgIpc) is 2.42. The molecule has 1 aromatic rings. The highest BCUT2D eigenvalue weighted by Crippen LogP contribution is 2.51. The standard InChI is InChI=1S/C18H28O4Si/c1-12(2)23(13(3)4,18(5,6)7)22-17(21)15-11-9-8-10-14(15)16(19)20/h8-13H,1-7H3,(H,19,20). The van der Waals surface area contributed by atoms with Gasteiger partial charge in [-0.1, -0.05) is 60.6 Å². The molecular formula is C18H28O4Si. The summed E-state index contributed by atoms with van der Waals surface area (Å²) in [7, 11) is -2.50. The van der Waals surface area contributed by atoms with E-state index < -0.39 is 20.3 Å². The van der Waals surface area contributed by atoms with Crippen molar-refractivity contribution in [2.75, 3.05) is 0 Å². The van der Waals surface area contributed by atoms with Gasteiger partial charge in [-0.2, -0.15) is 0 Å². The molecule has 128 valence electrons. The van der Waals surface area contributed by atoms with Gasteiger partial charge >= 0.3 is 11.9 Å². The molecule has 4 nitrogen and oxygen atoms in total. The Kier molecular flexibility index (Phi) is 5.80. The zero-order valence-electron chi connectivity index (χ0n) is 15.1. The van der Waals surface area contributed by atoms with E-state index >= 15 is 0 Å². The second-order valence-corrected chi connectivity index (χ2v) is 13.2. The molecule has 1 rings (SSSR count). The van der Waals surface area contributed by atoms with Crippen LogP contribution in [-0.2, 0) is 4.43 Å². The maximum Gasteiger partial charge on any atom is 0.336 e. The maximum atomic E-state index is 12.8. The van der Waals surface area contributed by atoms with Gasteiger partial charge in [0.15, 0.2) is 0 Å². The lowest BCUT2D eigenvalue weighted by atomic mass is 10.1. The van der Waals surface area contributed by atoms with Gasteiger partial charge in [0.05, 0.1) is 11.1 Å². The van der Waals surface area contributed by atoms with Gasteiger partial charge in [0.1, 0.15) is 0 Å². The normalized spacial score (nSPS) is 12.6. The lowest BCUT2D eigenvalue weighted by molar-refractivity contribution is 0.0653. The summed E-state index contributed by atoms with van der Waals surface area (Å²) in [6.45, 7) is 14.7. The van der Waals surface area contributed by atoms with Gasteiger partial charge in [-0.25, -0.2) is 9.59 Å². The SMILES string of the molecule is CC(C)[Si](OC(=O)c1ccccc1C(=O)O)(C(C)C)C(C)(C)C. The average molecular weight is 337 g/mol. The number of hydrogen-bond donors (Lipinski definition) is 1. The number of rotatable bonds is 5. The summed E-state index contributed by atoms with van der Waals surface area (Å²) >= 11 is 0. The Hall–Kier alpha value is -1.62. The molecule has 5 heteroatoms. The van der Waals surface area contributed by atoms with E-state index in [0.717, 1.165) is 0 Å². The van der Waals surface area contributed by atoms with Crippen LogP contribution in [0, 0.1) is 0 Å². The van der Waals surface area contributed by atoms with Crippen molar-refractivity contribution < 1.29 is 19.1 Å². The molecule has 0 unspecified atom stereocenters. The third-order valence-electron chi connectivity index (χ3n) is 4.53. The lowest BCUT2D eigenvalue weighted by Gasteiger charge is -2.47. The monoisotopic (exact) mass is 336 g/mol. The first-order valence-electron chi connectivity index (χ1n) is 8.00. The fourth-order valence-corrected chi connectivity index (χ4v) is 9.84. The van der Waals surface area contributed by atoms with Gasteiger partial charge < -0.3 is 9.53 Å². The van der Waals surface area contributed by atoms with E-state index in [9.17, 15) is 14.7 Å². The highest BCUT2D eigenvalue weighted by Gasteiger charge is 2.54. The Bertz CT molecular complexity index is 577. The molecule has 0 spiro atoms. The first kappa shape index (κ1) is 19.4. The van der Waals surface area contributed by atoms with Crippen LogP contribution < -0.4 is 0 Å². The number of hydrogen-bond acceptors (Lipinski definition) is 3. The van der Waals surface area contributed by atoms with Gasteiger partial charge in [-0.15, -0.1) is 0 Å². The number of benzene rings is 1. The summed E-state index contributed by atoms with van der Waals surface area (Å²) in [5.41, 5.74) is 0.566. The van der Waals surface area contributed by atoms with E-state index in [4.69, 9.17) is 4.43 Å². The Morgan fingerprint density at radius 1 is 1.00 bits per heavy atom. The number of aromatic carboxylic acids is 1. The molecule has 0 aliphatic heterocycles. The van der Waals surface area contributed by atoms with Gasteiger partial charge in [0.2, 0.25) is 0 Å². The summed E-state index contributed by atoms with van der Waals surface area (Å²) < 4.78 is 6.14. The minimum Gasteiger partial charge on any atom is -0.514 e. The van der Waals surface area contributed by atoms with Crippen LogP contribution in [0.1, 0.15) is 69.2 Å². The quantitative estimate of drug-likeness (QED) is 0.759. The predicted octanol–water partition coefficient (Wildman–Crippen LogP) is 5.11. The largest absolute Gasteiger partial charge is 0.514 e. The van der Waals surface area contributed by atoms with E-state index in [1.165, 1.54) is 12.1 Å². The van der Waals surface area contributed by atoms with E-state index in [1.807, 2.05) is 0 Å². The summed E-state index contributed by atoms with van der Waals surface area (Å²) in [5, 5.41) is 9.15. The molecule has 0 radical (unpaired) electrons. The zero-order valence-corrected chi connectivity index (χ0v) is 16.1. The lowest BCUT2D eigenvalue weighted by Crippen LogP contribution is -2.54. The third kappa shape index (κ3) is 3.66. The molecule has 0 aromatic heterocycles. The van der Waals surface area contributed by atoms with Crippen molar-refractivity contribution in [3.63, 3.8) is 0 Å². The van der Waals surface area contributed by atoms with Crippen LogP contribution in [-0.4, -0.2) is 25.4 Å². The van der Waals surface area contributed by atoms with Crippen LogP contribution >= 0.6 is 0 Å². The van der Waals surface area contributed by atoms with Crippen molar-refractivity contribution >= 4 is 20.3 Å². The summed E-state index contributed by atoms with van der Waals surface area (Å²) in [4.78, 5) is 24.2. The van der Waals surface area contributed by atoms with Crippen LogP contribution in [0.2, 0.25) is 16.1 Å². The van der Waals surface area contributed by atoms with Gasteiger partial charge in [-0.3, -0.25) is 0 Å². The van der Waals surface area contributed by atoms with Crippen molar-refractivity contribution in [2.45, 2.75) is 64.6 Å². The Labute approximate surface area is 140 Å². The molecule has 1 aromatic carbocycles. The first-order valence-corrected chi connectivity index (χ1v) is 10.1. The molecular weight excluding hydrogens is 308 g/mol. The molecule has 0 saturated carbocycles.